The Morgan fingerprint density at radius 1 is 1.00 bits per heavy atom. The molecule has 0 aliphatic heterocycles. The van der Waals surface area contributed by atoms with Gasteiger partial charge in [0.25, 0.3) is 5.91 Å². The Labute approximate surface area is 166 Å². The van der Waals surface area contributed by atoms with Gasteiger partial charge in [-0.2, -0.15) is 0 Å². The van der Waals surface area contributed by atoms with Crippen LogP contribution in [0.5, 0.6) is 5.75 Å². The maximum atomic E-state index is 12.4. The highest BCUT2D eigenvalue weighted by atomic mass is 16.5. The molecule has 0 radical (unpaired) electrons. The molecule has 29 heavy (non-hydrogen) atoms. The molecule has 0 aliphatic carbocycles. The second kappa shape index (κ2) is 7.53. The van der Waals surface area contributed by atoms with E-state index < -0.39 is 5.91 Å². The molecule has 0 atom stereocenters. The molecule has 0 aliphatic rings. The molecule has 0 unspecified atom stereocenters. The van der Waals surface area contributed by atoms with E-state index in [1.54, 1.807) is 17.9 Å². The Hall–Kier alpha value is -4.04. The number of anilines is 1. The number of amides is 1. The van der Waals surface area contributed by atoms with Crippen LogP contribution in [-0.2, 0) is 0 Å². The van der Waals surface area contributed by atoms with Crippen molar-refractivity contribution in [2.45, 2.75) is 0 Å². The predicted octanol–water partition coefficient (Wildman–Crippen LogP) is 3.07. The number of hydroxylamine groups is 1. The summed E-state index contributed by atoms with van der Waals surface area (Å²) in [4.78, 5) is 25.1. The van der Waals surface area contributed by atoms with E-state index in [1.807, 2.05) is 36.4 Å². The molecular formula is C21H17N5O3. The number of nitrogens with two attached hydrogens (primary N) is 1. The zero-order chi connectivity index (χ0) is 20.4. The van der Waals surface area contributed by atoms with Gasteiger partial charge in [-0.15, -0.1) is 0 Å². The maximum absolute atomic E-state index is 12.4. The molecule has 3 aromatic heterocycles. The van der Waals surface area contributed by atoms with Crippen LogP contribution in [0.2, 0.25) is 0 Å². The van der Waals surface area contributed by atoms with Crippen LogP contribution in [0.25, 0.3) is 33.3 Å². The van der Waals surface area contributed by atoms with Gasteiger partial charge in [-0.05, 0) is 23.3 Å². The summed E-state index contributed by atoms with van der Waals surface area (Å²) >= 11 is 0. The third-order valence-corrected chi connectivity index (χ3v) is 4.59. The van der Waals surface area contributed by atoms with Crippen LogP contribution in [0.1, 0.15) is 10.4 Å². The van der Waals surface area contributed by atoms with Crippen LogP contribution in [0.15, 0.2) is 61.2 Å². The molecule has 4 aromatic rings. The van der Waals surface area contributed by atoms with E-state index in [0.29, 0.717) is 22.3 Å². The number of carbonyl (C=O) groups is 1. The van der Waals surface area contributed by atoms with E-state index in [1.165, 1.54) is 19.5 Å². The van der Waals surface area contributed by atoms with E-state index in [-0.39, 0.29) is 11.3 Å². The summed E-state index contributed by atoms with van der Waals surface area (Å²) in [5.41, 5.74) is 11.7. The number of rotatable bonds is 4. The number of ether oxygens (including phenoxy) is 1. The van der Waals surface area contributed by atoms with Gasteiger partial charge in [-0.1, -0.05) is 24.3 Å². The molecule has 0 saturated carbocycles. The number of benzene rings is 1. The summed E-state index contributed by atoms with van der Waals surface area (Å²) in [5, 5.41) is 9.61. The van der Waals surface area contributed by atoms with Crippen LogP contribution in [0.3, 0.4) is 0 Å². The van der Waals surface area contributed by atoms with Gasteiger partial charge in [0.2, 0.25) is 0 Å². The first kappa shape index (κ1) is 18.3. The van der Waals surface area contributed by atoms with Crippen molar-refractivity contribution in [1.29, 1.82) is 0 Å². The smallest absolute Gasteiger partial charge is 0.279 e. The van der Waals surface area contributed by atoms with Crippen molar-refractivity contribution in [1.82, 2.24) is 20.4 Å². The van der Waals surface area contributed by atoms with E-state index in [9.17, 15) is 10.0 Å². The fraction of sp³-hybridized carbons (Fsp3) is 0.0476. The predicted molar refractivity (Wildman–Crippen MR) is 108 cm³/mol. The highest BCUT2D eigenvalue weighted by Crippen LogP contribution is 2.37. The van der Waals surface area contributed by atoms with Crippen LogP contribution < -0.4 is 16.0 Å². The second-order valence-electron chi connectivity index (χ2n) is 6.25. The lowest BCUT2D eigenvalue weighted by atomic mass is 10.00. The van der Waals surface area contributed by atoms with Crippen LogP contribution in [0.4, 0.5) is 5.69 Å². The summed E-state index contributed by atoms with van der Waals surface area (Å²) in [6, 6.07) is 11.5. The number of nitrogens with one attached hydrogen (secondary N) is 1. The SMILES string of the molecule is COc1c(-c2ccc(-c3ccncc3)cc2)nc2c(N)cncc2c1C(=O)NO. The maximum Gasteiger partial charge on any atom is 0.279 e. The Kier molecular flexibility index (Phi) is 4.76. The third-order valence-electron chi connectivity index (χ3n) is 4.59. The number of aromatic nitrogens is 3. The fourth-order valence-electron chi connectivity index (χ4n) is 3.22. The molecule has 144 valence electrons. The quantitative estimate of drug-likeness (QED) is 0.363. The minimum absolute atomic E-state index is 0.105. The van der Waals surface area contributed by atoms with Gasteiger partial charge in [-0.3, -0.25) is 20.0 Å². The first-order valence-electron chi connectivity index (χ1n) is 8.70. The average molecular weight is 387 g/mol. The molecule has 0 saturated heterocycles. The van der Waals surface area contributed by atoms with Gasteiger partial charge in [0.15, 0.2) is 5.75 Å². The topological polar surface area (TPSA) is 123 Å². The molecule has 1 amide bonds. The van der Waals surface area contributed by atoms with E-state index in [0.717, 1.165) is 16.7 Å². The highest BCUT2D eigenvalue weighted by Gasteiger charge is 2.23. The van der Waals surface area contributed by atoms with E-state index >= 15 is 0 Å². The van der Waals surface area contributed by atoms with Crippen LogP contribution in [-0.4, -0.2) is 33.2 Å². The number of pyridine rings is 3. The number of carbonyl (C=O) groups excluding carboxylic acids is 1. The van der Waals surface area contributed by atoms with Gasteiger partial charge < -0.3 is 10.5 Å². The minimum atomic E-state index is -0.740. The molecule has 3 heterocycles. The minimum Gasteiger partial charge on any atom is -0.494 e. The standard InChI is InChI=1S/C21H17N5O3/c1-29-20-17(21(27)26-28)15-10-24-11-16(22)19(15)25-18(20)14-4-2-12(3-5-14)13-6-8-23-9-7-13/h2-11,28H,22H2,1H3,(H,26,27). The van der Waals surface area contributed by atoms with Crippen LogP contribution >= 0.6 is 0 Å². The number of fused-ring (bicyclic) bond motifs is 1. The molecule has 8 nitrogen and oxygen atoms in total. The molecule has 0 spiro atoms. The van der Waals surface area contributed by atoms with Crippen molar-refractivity contribution in [3.8, 4) is 28.1 Å². The third kappa shape index (κ3) is 3.21. The molecule has 4 N–H and O–H groups in total. The molecule has 4 rings (SSSR count). The lowest BCUT2D eigenvalue weighted by Crippen LogP contribution is -2.20. The Balaban J connectivity index is 1.93. The summed E-state index contributed by atoms with van der Waals surface area (Å²) in [7, 11) is 1.44. The van der Waals surface area contributed by atoms with Crippen molar-refractivity contribution >= 4 is 22.5 Å². The van der Waals surface area contributed by atoms with Gasteiger partial charge >= 0.3 is 0 Å². The zero-order valence-electron chi connectivity index (χ0n) is 15.5. The molecule has 8 heteroatoms. The number of nitrogens with zero attached hydrogens (tertiary/aromatic N) is 3. The van der Waals surface area contributed by atoms with E-state index in [2.05, 4.69) is 15.0 Å². The Morgan fingerprint density at radius 2 is 1.66 bits per heavy atom. The molecule has 1 aromatic carbocycles. The zero-order valence-corrected chi connectivity index (χ0v) is 15.5. The average Bonchev–Trinajstić information content (AvgIpc) is 2.78. The van der Waals surface area contributed by atoms with Gasteiger partial charge in [0.1, 0.15) is 5.69 Å². The summed E-state index contributed by atoms with van der Waals surface area (Å²) in [5.74, 6) is -0.524. The normalized spacial score (nSPS) is 10.7. The summed E-state index contributed by atoms with van der Waals surface area (Å²) in [6.07, 6.45) is 6.38. The number of hydrogen-bond donors (Lipinski definition) is 3. The first-order valence-corrected chi connectivity index (χ1v) is 8.70. The van der Waals surface area contributed by atoms with E-state index in [4.69, 9.17) is 10.5 Å². The summed E-state index contributed by atoms with van der Waals surface area (Å²) in [6.45, 7) is 0. The van der Waals surface area contributed by atoms with Gasteiger partial charge in [0.05, 0.1) is 30.1 Å². The molecule has 0 fully saturated rings. The van der Waals surface area contributed by atoms with Crippen molar-refractivity contribution in [2.24, 2.45) is 0 Å². The second-order valence-corrected chi connectivity index (χ2v) is 6.25. The Bertz CT molecular complexity index is 1190. The summed E-state index contributed by atoms with van der Waals surface area (Å²) < 4.78 is 5.51. The first-order chi connectivity index (χ1) is 14.1. The van der Waals surface area contributed by atoms with Crippen molar-refractivity contribution in [3.63, 3.8) is 0 Å². The van der Waals surface area contributed by atoms with Crippen molar-refractivity contribution in [2.75, 3.05) is 12.8 Å². The fourth-order valence-corrected chi connectivity index (χ4v) is 3.22. The lowest BCUT2D eigenvalue weighted by Gasteiger charge is -2.15. The molecule has 0 bridgehead atoms. The number of hydrogen-bond acceptors (Lipinski definition) is 7. The monoisotopic (exact) mass is 387 g/mol. The van der Waals surface area contributed by atoms with Crippen molar-refractivity contribution in [3.05, 3.63) is 66.7 Å². The van der Waals surface area contributed by atoms with Gasteiger partial charge in [0, 0.05) is 29.5 Å². The van der Waals surface area contributed by atoms with Gasteiger partial charge in [-0.25, -0.2) is 10.5 Å². The van der Waals surface area contributed by atoms with Crippen LogP contribution in [0, 0.1) is 0 Å². The lowest BCUT2D eigenvalue weighted by molar-refractivity contribution is 0.0705. The number of nitrogen functional groups attached to an aromatic ring is 1. The largest absolute Gasteiger partial charge is 0.494 e. The highest BCUT2D eigenvalue weighted by molar-refractivity contribution is 6.11. The molecular weight excluding hydrogens is 370 g/mol. The van der Waals surface area contributed by atoms with Crippen molar-refractivity contribution < 1.29 is 14.7 Å². The number of methoxy groups -OCH3 is 1. The Morgan fingerprint density at radius 3 is 2.31 bits per heavy atom.